The minimum atomic E-state index is -1.74. The standard InChI is InChI=1S/C12H21NOSi/c1-10-7-8-11(2)12(9-10)14-15(5,6)13(3)4/h7-9H,1-6H3. The van der Waals surface area contributed by atoms with Crippen molar-refractivity contribution in [1.29, 1.82) is 0 Å². The van der Waals surface area contributed by atoms with Crippen LogP contribution >= 0.6 is 0 Å². The highest BCUT2D eigenvalue weighted by molar-refractivity contribution is 6.68. The molecule has 0 saturated carbocycles. The van der Waals surface area contributed by atoms with Crippen LogP contribution in [0.2, 0.25) is 13.1 Å². The van der Waals surface area contributed by atoms with Gasteiger partial charge in [-0.25, -0.2) is 0 Å². The number of benzene rings is 1. The third-order valence-corrected chi connectivity index (χ3v) is 5.65. The molecule has 1 aromatic carbocycles. The van der Waals surface area contributed by atoms with Gasteiger partial charge in [-0.05, 0) is 58.2 Å². The van der Waals surface area contributed by atoms with Crippen molar-refractivity contribution in [3.8, 4) is 5.75 Å². The zero-order valence-electron chi connectivity index (χ0n) is 10.6. The first-order chi connectivity index (χ1) is 6.83. The number of rotatable bonds is 3. The lowest BCUT2D eigenvalue weighted by Crippen LogP contribution is -2.49. The van der Waals surface area contributed by atoms with Crippen LogP contribution in [0.5, 0.6) is 5.75 Å². The molecular formula is C12H21NOSi. The van der Waals surface area contributed by atoms with E-state index >= 15 is 0 Å². The van der Waals surface area contributed by atoms with Crippen molar-refractivity contribution in [3.05, 3.63) is 29.3 Å². The second-order valence-corrected chi connectivity index (χ2v) is 8.70. The summed E-state index contributed by atoms with van der Waals surface area (Å²) in [7, 11) is 2.42. The van der Waals surface area contributed by atoms with E-state index in [1.807, 2.05) is 0 Å². The second-order valence-electron chi connectivity index (χ2n) is 4.71. The smallest absolute Gasteiger partial charge is 0.324 e. The molecule has 2 nitrogen and oxygen atoms in total. The molecular weight excluding hydrogens is 202 g/mol. The Morgan fingerprint density at radius 1 is 1.13 bits per heavy atom. The molecule has 0 amide bonds. The first-order valence-electron chi connectivity index (χ1n) is 5.26. The molecule has 0 spiro atoms. The molecule has 0 fully saturated rings. The van der Waals surface area contributed by atoms with Gasteiger partial charge in [0.25, 0.3) is 0 Å². The summed E-state index contributed by atoms with van der Waals surface area (Å²) in [4.78, 5) is 0. The van der Waals surface area contributed by atoms with Gasteiger partial charge in [0.15, 0.2) is 0 Å². The number of nitrogens with zero attached hydrogens (tertiary/aromatic N) is 1. The van der Waals surface area contributed by atoms with Gasteiger partial charge in [0, 0.05) is 0 Å². The molecule has 0 aliphatic carbocycles. The highest BCUT2D eigenvalue weighted by Gasteiger charge is 2.28. The van der Waals surface area contributed by atoms with Gasteiger partial charge in [-0.3, -0.25) is 4.57 Å². The van der Waals surface area contributed by atoms with E-state index in [0.717, 1.165) is 5.75 Å². The van der Waals surface area contributed by atoms with E-state index in [2.05, 4.69) is 63.8 Å². The lowest BCUT2D eigenvalue weighted by atomic mass is 10.1. The molecule has 0 N–H and O–H groups in total. The van der Waals surface area contributed by atoms with E-state index in [9.17, 15) is 0 Å². The lowest BCUT2D eigenvalue weighted by molar-refractivity contribution is 0.442. The summed E-state index contributed by atoms with van der Waals surface area (Å²) in [5.41, 5.74) is 2.46. The van der Waals surface area contributed by atoms with Gasteiger partial charge in [-0.2, -0.15) is 0 Å². The lowest BCUT2D eigenvalue weighted by Gasteiger charge is -2.31. The van der Waals surface area contributed by atoms with Crippen LogP contribution < -0.4 is 4.43 Å². The van der Waals surface area contributed by atoms with Gasteiger partial charge in [0.2, 0.25) is 0 Å². The Kier molecular flexibility index (Phi) is 3.57. The largest absolute Gasteiger partial charge is 0.529 e. The van der Waals surface area contributed by atoms with Gasteiger partial charge in [-0.1, -0.05) is 12.1 Å². The Morgan fingerprint density at radius 3 is 2.27 bits per heavy atom. The fourth-order valence-corrected chi connectivity index (χ4v) is 2.12. The Labute approximate surface area is 94.1 Å². The summed E-state index contributed by atoms with van der Waals surface area (Å²) in [5.74, 6) is 1.03. The second kappa shape index (κ2) is 4.37. The van der Waals surface area contributed by atoms with E-state index in [1.54, 1.807) is 0 Å². The summed E-state index contributed by atoms with van der Waals surface area (Å²) in [5, 5.41) is 0. The van der Waals surface area contributed by atoms with E-state index in [4.69, 9.17) is 4.43 Å². The Hall–Kier alpha value is -0.803. The van der Waals surface area contributed by atoms with Crippen LogP contribution in [0.15, 0.2) is 18.2 Å². The first-order valence-corrected chi connectivity index (χ1v) is 8.12. The maximum absolute atomic E-state index is 6.14. The molecule has 84 valence electrons. The number of hydrogen-bond acceptors (Lipinski definition) is 2. The van der Waals surface area contributed by atoms with Crippen LogP contribution in [0.4, 0.5) is 0 Å². The highest BCUT2D eigenvalue weighted by atomic mass is 28.4. The first kappa shape index (κ1) is 12.3. The molecule has 0 radical (unpaired) electrons. The zero-order chi connectivity index (χ0) is 11.6. The molecule has 3 heteroatoms. The van der Waals surface area contributed by atoms with Crippen LogP contribution in [0, 0.1) is 13.8 Å². The minimum Gasteiger partial charge on any atom is -0.529 e. The Morgan fingerprint density at radius 2 is 1.73 bits per heavy atom. The predicted octanol–water partition coefficient (Wildman–Crippen LogP) is 2.95. The maximum atomic E-state index is 6.14. The van der Waals surface area contributed by atoms with Crippen molar-refractivity contribution in [2.24, 2.45) is 0 Å². The fourth-order valence-electron chi connectivity index (χ4n) is 1.18. The molecule has 0 aliphatic rings. The third-order valence-electron chi connectivity index (χ3n) is 2.78. The molecule has 0 aliphatic heterocycles. The topological polar surface area (TPSA) is 12.5 Å². The number of hydrogen-bond donors (Lipinski definition) is 0. The van der Waals surface area contributed by atoms with Gasteiger partial charge < -0.3 is 4.43 Å². The average Bonchev–Trinajstić information content (AvgIpc) is 2.10. The molecule has 0 saturated heterocycles. The van der Waals surface area contributed by atoms with E-state index in [0.29, 0.717) is 0 Å². The maximum Gasteiger partial charge on any atom is 0.324 e. The van der Waals surface area contributed by atoms with Gasteiger partial charge in [0.1, 0.15) is 5.75 Å². The van der Waals surface area contributed by atoms with E-state index in [-0.39, 0.29) is 0 Å². The summed E-state index contributed by atoms with van der Waals surface area (Å²) >= 11 is 0. The van der Waals surface area contributed by atoms with Crippen LogP contribution in [-0.2, 0) is 0 Å². The Bertz CT molecular complexity index is 347. The van der Waals surface area contributed by atoms with Crippen molar-refractivity contribution in [2.45, 2.75) is 26.9 Å². The fraction of sp³-hybridized carbons (Fsp3) is 0.500. The van der Waals surface area contributed by atoms with Crippen LogP contribution in [0.3, 0.4) is 0 Å². The van der Waals surface area contributed by atoms with Gasteiger partial charge in [-0.15, -0.1) is 0 Å². The monoisotopic (exact) mass is 223 g/mol. The normalized spacial score (nSPS) is 11.9. The number of aryl methyl sites for hydroxylation is 2. The SMILES string of the molecule is Cc1ccc(C)c(O[Si](C)(C)N(C)C)c1. The van der Waals surface area contributed by atoms with Gasteiger partial charge in [0.05, 0.1) is 0 Å². The molecule has 0 heterocycles. The van der Waals surface area contributed by atoms with Gasteiger partial charge >= 0.3 is 8.48 Å². The molecule has 15 heavy (non-hydrogen) atoms. The van der Waals surface area contributed by atoms with Crippen LogP contribution in [-0.4, -0.2) is 27.1 Å². The average molecular weight is 223 g/mol. The molecule has 0 aromatic heterocycles. The van der Waals surface area contributed by atoms with Crippen molar-refractivity contribution in [2.75, 3.05) is 14.1 Å². The minimum absolute atomic E-state index is 1.03. The molecule has 0 atom stereocenters. The quantitative estimate of drug-likeness (QED) is 0.731. The molecule has 1 aromatic rings. The van der Waals surface area contributed by atoms with Crippen molar-refractivity contribution >= 4 is 8.48 Å². The predicted molar refractivity (Wildman–Crippen MR) is 67.7 cm³/mol. The third kappa shape index (κ3) is 3.07. The Balaban J connectivity index is 2.94. The summed E-state index contributed by atoms with van der Waals surface area (Å²) in [6.07, 6.45) is 0. The highest BCUT2D eigenvalue weighted by Crippen LogP contribution is 2.23. The molecule has 0 bridgehead atoms. The summed E-state index contributed by atoms with van der Waals surface area (Å²) in [6, 6.07) is 6.35. The molecule has 0 unspecified atom stereocenters. The van der Waals surface area contributed by atoms with Crippen LogP contribution in [0.25, 0.3) is 0 Å². The van der Waals surface area contributed by atoms with Crippen molar-refractivity contribution < 1.29 is 4.43 Å². The summed E-state index contributed by atoms with van der Waals surface area (Å²) < 4.78 is 8.34. The van der Waals surface area contributed by atoms with Crippen LogP contribution in [0.1, 0.15) is 11.1 Å². The zero-order valence-corrected chi connectivity index (χ0v) is 11.6. The van der Waals surface area contributed by atoms with E-state index < -0.39 is 8.48 Å². The van der Waals surface area contributed by atoms with Crippen molar-refractivity contribution in [1.82, 2.24) is 4.57 Å². The van der Waals surface area contributed by atoms with E-state index in [1.165, 1.54) is 11.1 Å². The summed E-state index contributed by atoms with van der Waals surface area (Å²) in [6.45, 7) is 8.59. The molecule has 1 rings (SSSR count). The van der Waals surface area contributed by atoms with Crippen molar-refractivity contribution in [3.63, 3.8) is 0 Å².